The third-order valence-corrected chi connectivity index (χ3v) is 4.80. The molecule has 1 aromatic heterocycles. The monoisotopic (exact) mass is 438 g/mol. The SMILES string of the molecule is CCN(CC(=O)N(C)c1ccccc1Cl)Cc1nc2cc(F)ccc2c(=O)[nH]1.Cl. The molecule has 0 saturated heterocycles. The number of hydrogen-bond donors (Lipinski definition) is 1. The summed E-state index contributed by atoms with van der Waals surface area (Å²) in [6.45, 7) is 2.83. The molecule has 0 aliphatic heterocycles. The van der Waals surface area contributed by atoms with E-state index in [1.807, 2.05) is 17.9 Å². The Morgan fingerprint density at radius 1 is 1.24 bits per heavy atom. The number of carbonyl (C=O) groups excluding carboxylic acids is 1. The Labute approximate surface area is 178 Å². The molecule has 0 atom stereocenters. The summed E-state index contributed by atoms with van der Waals surface area (Å²) in [5, 5.41) is 0.812. The van der Waals surface area contributed by atoms with Gasteiger partial charge in [0.1, 0.15) is 11.6 Å². The zero-order valence-corrected chi connectivity index (χ0v) is 17.6. The number of carbonyl (C=O) groups is 1. The highest BCUT2D eigenvalue weighted by Crippen LogP contribution is 2.24. The summed E-state index contributed by atoms with van der Waals surface area (Å²) < 4.78 is 13.5. The van der Waals surface area contributed by atoms with Gasteiger partial charge in [0.25, 0.3) is 5.56 Å². The van der Waals surface area contributed by atoms with Gasteiger partial charge in [0.05, 0.1) is 34.7 Å². The third kappa shape index (κ3) is 5.32. The molecule has 6 nitrogen and oxygen atoms in total. The minimum atomic E-state index is -0.458. The average molecular weight is 439 g/mol. The smallest absolute Gasteiger partial charge is 0.258 e. The van der Waals surface area contributed by atoms with Gasteiger partial charge in [0.15, 0.2) is 0 Å². The Bertz CT molecular complexity index is 1070. The van der Waals surface area contributed by atoms with Crippen molar-refractivity contribution in [1.29, 1.82) is 0 Å². The summed E-state index contributed by atoms with van der Waals surface area (Å²) >= 11 is 6.16. The maximum absolute atomic E-state index is 13.5. The third-order valence-electron chi connectivity index (χ3n) is 4.48. The summed E-state index contributed by atoms with van der Waals surface area (Å²) in [5.74, 6) is -0.234. The second kappa shape index (κ2) is 9.82. The Balaban J connectivity index is 0.00000300. The summed E-state index contributed by atoms with van der Waals surface area (Å²) in [4.78, 5) is 35.2. The van der Waals surface area contributed by atoms with Gasteiger partial charge in [-0.2, -0.15) is 0 Å². The van der Waals surface area contributed by atoms with Crippen molar-refractivity contribution in [1.82, 2.24) is 14.9 Å². The summed E-state index contributed by atoms with van der Waals surface area (Å²) in [6, 6.07) is 11.0. The topological polar surface area (TPSA) is 69.3 Å². The molecular formula is C20H21Cl2FN4O2. The number of benzene rings is 2. The van der Waals surface area contributed by atoms with Gasteiger partial charge in [-0.05, 0) is 30.8 Å². The number of aromatic nitrogens is 2. The molecule has 1 heterocycles. The molecule has 0 saturated carbocycles. The maximum atomic E-state index is 13.5. The van der Waals surface area contributed by atoms with Crippen molar-refractivity contribution in [2.75, 3.05) is 25.0 Å². The molecule has 0 unspecified atom stereocenters. The second-order valence-corrected chi connectivity index (χ2v) is 6.79. The predicted molar refractivity (Wildman–Crippen MR) is 115 cm³/mol. The highest BCUT2D eigenvalue weighted by Gasteiger charge is 2.18. The van der Waals surface area contributed by atoms with E-state index in [0.29, 0.717) is 28.5 Å². The molecule has 0 aliphatic rings. The first-order valence-electron chi connectivity index (χ1n) is 8.81. The standard InChI is InChI=1S/C20H20ClFN4O2.ClH/c1-3-26(12-19(27)25(2)17-7-5-4-6-15(17)21)11-18-23-16-10-13(22)8-9-14(16)20(28)24-18;/h4-10H,3,11-12H2,1-2H3,(H,23,24,28);1H. The minimum Gasteiger partial charge on any atom is -0.313 e. The molecule has 29 heavy (non-hydrogen) atoms. The van der Waals surface area contributed by atoms with E-state index in [9.17, 15) is 14.0 Å². The van der Waals surface area contributed by atoms with E-state index in [1.165, 1.54) is 23.1 Å². The molecule has 1 amide bonds. The van der Waals surface area contributed by atoms with E-state index < -0.39 is 5.82 Å². The summed E-state index contributed by atoms with van der Waals surface area (Å²) in [7, 11) is 1.66. The van der Waals surface area contributed by atoms with Crippen LogP contribution in [-0.4, -0.2) is 40.9 Å². The zero-order valence-electron chi connectivity index (χ0n) is 16.0. The summed E-state index contributed by atoms with van der Waals surface area (Å²) in [5.41, 5.74) is 0.572. The number of amides is 1. The van der Waals surface area contributed by atoms with E-state index in [-0.39, 0.29) is 42.5 Å². The minimum absolute atomic E-state index is 0. The van der Waals surface area contributed by atoms with Crippen LogP contribution in [0.3, 0.4) is 0 Å². The number of H-pyrrole nitrogens is 1. The fourth-order valence-electron chi connectivity index (χ4n) is 2.88. The van der Waals surface area contributed by atoms with Crippen molar-refractivity contribution >= 4 is 46.5 Å². The van der Waals surface area contributed by atoms with E-state index >= 15 is 0 Å². The molecule has 0 bridgehead atoms. The molecule has 0 radical (unpaired) electrons. The van der Waals surface area contributed by atoms with E-state index in [1.54, 1.807) is 25.2 Å². The molecule has 154 valence electrons. The lowest BCUT2D eigenvalue weighted by atomic mass is 10.2. The van der Waals surface area contributed by atoms with Crippen LogP contribution in [0.5, 0.6) is 0 Å². The molecule has 3 aromatic rings. The van der Waals surface area contributed by atoms with Crippen LogP contribution in [0.1, 0.15) is 12.7 Å². The van der Waals surface area contributed by atoms with Crippen LogP contribution >= 0.6 is 24.0 Å². The van der Waals surface area contributed by atoms with Crippen LogP contribution in [0.25, 0.3) is 10.9 Å². The largest absolute Gasteiger partial charge is 0.313 e. The number of rotatable bonds is 6. The van der Waals surface area contributed by atoms with E-state index in [0.717, 1.165) is 0 Å². The Hall–Kier alpha value is -2.48. The van der Waals surface area contributed by atoms with Gasteiger partial charge in [-0.15, -0.1) is 12.4 Å². The number of anilines is 1. The normalized spacial score (nSPS) is 10.8. The van der Waals surface area contributed by atoms with Gasteiger partial charge in [-0.25, -0.2) is 9.37 Å². The van der Waals surface area contributed by atoms with E-state index in [2.05, 4.69) is 9.97 Å². The number of para-hydroxylation sites is 1. The molecule has 2 aromatic carbocycles. The van der Waals surface area contributed by atoms with Crippen LogP contribution in [0, 0.1) is 5.82 Å². The lowest BCUT2D eigenvalue weighted by Gasteiger charge is -2.24. The number of hydrogen-bond acceptors (Lipinski definition) is 4. The lowest BCUT2D eigenvalue weighted by molar-refractivity contribution is -0.119. The first-order chi connectivity index (χ1) is 13.4. The predicted octanol–water partition coefficient (Wildman–Crippen LogP) is 3.62. The maximum Gasteiger partial charge on any atom is 0.258 e. The van der Waals surface area contributed by atoms with Crippen LogP contribution in [0.15, 0.2) is 47.3 Å². The molecule has 0 fully saturated rings. The van der Waals surface area contributed by atoms with Crippen molar-refractivity contribution in [2.24, 2.45) is 0 Å². The number of likely N-dealkylation sites (N-methyl/N-ethyl adjacent to an activating group) is 2. The van der Waals surface area contributed by atoms with Crippen LogP contribution in [0.4, 0.5) is 10.1 Å². The number of aromatic amines is 1. The number of nitrogens with one attached hydrogen (secondary N) is 1. The fourth-order valence-corrected chi connectivity index (χ4v) is 3.15. The molecule has 1 N–H and O–H groups in total. The molecule has 9 heteroatoms. The van der Waals surface area contributed by atoms with E-state index in [4.69, 9.17) is 11.6 Å². The van der Waals surface area contributed by atoms with Crippen molar-refractivity contribution in [3.8, 4) is 0 Å². The summed E-state index contributed by atoms with van der Waals surface area (Å²) in [6.07, 6.45) is 0. The van der Waals surface area contributed by atoms with Crippen molar-refractivity contribution < 1.29 is 9.18 Å². The van der Waals surface area contributed by atoms with Gasteiger partial charge in [0.2, 0.25) is 5.91 Å². The van der Waals surface area contributed by atoms with Crippen LogP contribution in [0.2, 0.25) is 5.02 Å². The second-order valence-electron chi connectivity index (χ2n) is 6.38. The van der Waals surface area contributed by atoms with Gasteiger partial charge < -0.3 is 9.88 Å². The number of fused-ring (bicyclic) bond motifs is 1. The van der Waals surface area contributed by atoms with Crippen LogP contribution in [-0.2, 0) is 11.3 Å². The Morgan fingerprint density at radius 3 is 2.66 bits per heavy atom. The van der Waals surface area contributed by atoms with Gasteiger partial charge in [-0.1, -0.05) is 30.7 Å². The Kier molecular flexibility index (Phi) is 7.73. The first kappa shape index (κ1) is 22.8. The van der Waals surface area contributed by atoms with Crippen molar-refractivity contribution in [3.05, 3.63) is 69.5 Å². The highest BCUT2D eigenvalue weighted by atomic mass is 35.5. The lowest BCUT2D eigenvalue weighted by Crippen LogP contribution is -2.38. The quantitative estimate of drug-likeness (QED) is 0.637. The molecule has 0 aliphatic carbocycles. The molecule has 3 rings (SSSR count). The number of halogens is 3. The highest BCUT2D eigenvalue weighted by molar-refractivity contribution is 6.33. The Morgan fingerprint density at radius 2 is 1.97 bits per heavy atom. The molecular weight excluding hydrogens is 418 g/mol. The van der Waals surface area contributed by atoms with Crippen molar-refractivity contribution in [2.45, 2.75) is 13.5 Å². The zero-order chi connectivity index (χ0) is 20.3. The van der Waals surface area contributed by atoms with Gasteiger partial charge in [0, 0.05) is 13.1 Å². The number of nitrogens with zero attached hydrogens (tertiary/aromatic N) is 3. The van der Waals surface area contributed by atoms with Gasteiger partial charge in [-0.3, -0.25) is 14.5 Å². The molecule has 0 spiro atoms. The van der Waals surface area contributed by atoms with Crippen LogP contribution < -0.4 is 10.5 Å². The fraction of sp³-hybridized carbons (Fsp3) is 0.250. The van der Waals surface area contributed by atoms with Gasteiger partial charge >= 0.3 is 0 Å². The first-order valence-corrected chi connectivity index (χ1v) is 9.18. The van der Waals surface area contributed by atoms with Crippen molar-refractivity contribution in [3.63, 3.8) is 0 Å². The average Bonchev–Trinajstić information content (AvgIpc) is 2.66.